The molecule has 0 aliphatic carbocycles. The lowest BCUT2D eigenvalue weighted by atomic mass is 10.5. The van der Waals surface area contributed by atoms with Crippen molar-refractivity contribution in [3.63, 3.8) is 0 Å². The van der Waals surface area contributed by atoms with Crippen molar-refractivity contribution >= 4 is 44.9 Å². The van der Waals surface area contributed by atoms with Gasteiger partial charge in [0.05, 0.1) is 6.61 Å². The average molecular weight is 326 g/mol. The van der Waals surface area contributed by atoms with Gasteiger partial charge in [0, 0.05) is 33.9 Å². The summed E-state index contributed by atoms with van der Waals surface area (Å²) in [4.78, 5) is 0.665. The summed E-state index contributed by atoms with van der Waals surface area (Å²) in [6.45, 7) is 0.363. The van der Waals surface area contributed by atoms with E-state index in [9.17, 15) is 8.42 Å². The second-order valence-electron chi connectivity index (χ2n) is 3.80. The smallest absolute Gasteiger partial charge is 0.250 e. The van der Waals surface area contributed by atoms with Gasteiger partial charge in [-0.05, 0) is 12.1 Å². The van der Waals surface area contributed by atoms with Crippen LogP contribution in [-0.2, 0) is 16.6 Å². The summed E-state index contributed by atoms with van der Waals surface area (Å²) in [5, 5.41) is 9.30. The van der Waals surface area contributed by atoms with Crippen LogP contribution in [0, 0.1) is 0 Å². The Bertz CT molecular complexity index is 479. The molecule has 1 atom stereocenters. The van der Waals surface area contributed by atoms with Crippen LogP contribution in [0.2, 0.25) is 0 Å². The number of rotatable bonds is 5. The number of sulfonamides is 1. The van der Waals surface area contributed by atoms with Crippen molar-refractivity contribution < 1.29 is 13.5 Å². The lowest BCUT2D eigenvalue weighted by Gasteiger charge is -2.20. The Labute approximate surface area is 120 Å². The first-order chi connectivity index (χ1) is 8.62. The molecule has 1 aliphatic rings. The fourth-order valence-corrected chi connectivity index (χ4v) is 6.58. The minimum absolute atomic E-state index is 0.116. The molecule has 0 bridgehead atoms. The Morgan fingerprint density at radius 3 is 2.83 bits per heavy atom. The maximum Gasteiger partial charge on any atom is 0.250 e. The number of hydrogen-bond acceptors (Lipinski definition) is 6. The normalized spacial score (nSPS) is 21.1. The first-order valence-electron chi connectivity index (χ1n) is 5.50. The third kappa shape index (κ3) is 3.88. The van der Waals surface area contributed by atoms with Crippen LogP contribution < -0.4 is 4.72 Å². The standard InChI is InChI=1S/C10H15NO3S4/c12-6-8-1-2-10(17-8)18(13,14)11-5-9-7-15-3-4-16-9/h1-2,9,11-12H,3-7H2. The molecular formula is C10H15NO3S4. The van der Waals surface area contributed by atoms with E-state index in [1.807, 2.05) is 23.5 Å². The molecule has 1 unspecified atom stereocenters. The van der Waals surface area contributed by atoms with Crippen LogP contribution in [-0.4, -0.2) is 42.6 Å². The summed E-state index contributed by atoms with van der Waals surface area (Å²) >= 11 is 4.81. The number of thioether (sulfide) groups is 2. The molecule has 1 aliphatic heterocycles. The molecule has 18 heavy (non-hydrogen) atoms. The Hall–Kier alpha value is 0.270. The summed E-state index contributed by atoms with van der Waals surface area (Å²) in [5.41, 5.74) is 0. The van der Waals surface area contributed by atoms with E-state index in [4.69, 9.17) is 5.11 Å². The van der Waals surface area contributed by atoms with E-state index in [2.05, 4.69) is 4.72 Å². The van der Waals surface area contributed by atoms with Gasteiger partial charge in [0.15, 0.2) is 0 Å². The molecule has 102 valence electrons. The maximum absolute atomic E-state index is 12.0. The molecule has 1 aromatic heterocycles. The molecule has 1 fully saturated rings. The molecule has 0 radical (unpaired) electrons. The third-order valence-electron chi connectivity index (χ3n) is 2.44. The predicted molar refractivity (Wildman–Crippen MR) is 79.0 cm³/mol. The highest BCUT2D eigenvalue weighted by Crippen LogP contribution is 2.25. The van der Waals surface area contributed by atoms with Gasteiger partial charge < -0.3 is 5.11 Å². The third-order valence-corrected chi connectivity index (χ3v) is 8.27. The lowest BCUT2D eigenvalue weighted by molar-refractivity contribution is 0.285. The van der Waals surface area contributed by atoms with E-state index in [0.717, 1.165) is 28.6 Å². The SMILES string of the molecule is O=S(=O)(NCC1CSCCS1)c1ccc(CO)s1. The van der Waals surface area contributed by atoms with Crippen LogP contribution >= 0.6 is 34.9 Å². The van der Waals surface area contributed by atoms with Crippen molar-refractivity contribution in [1.29, 1.82) is 0 Å². The van der Waals surface area contributed by atoms with Gasteiger partial charge >= 0.3 is 0 Å². The zero-order chi connectivity index (χ0) is 13.0. The lowest BCUT2D eigenvalue weighted by Crippen LogP contribution is -2.33. The summed E-state index contributed by atoms with van der Waals surface area (Å²) in [5.74, 6) is 3.24. The van der Waals surface area contributed by atoms with Crippen LogP contribution in [0.3, 0.4) is 0 Å². The highest BCUT2D eigenvalue weighted by molar-refractivity contribution is 8.06. The molecule has 0 saturated carbocycles. The largest absolute Gasteiger partial charge is 0.391 e. The van der Waals surface area contributed by atoms with Gasteiger partial charge in [0.2, 0.25) is 10.0 Å². The molecule has 8 heteroatoms. The molecule has 2 N–H and O–H groups in total. The summed E-state index contributed by atoms with van der Waals surface area (Å²) in [6, 6.07) is 3.19. The summed E-state index contributed by atoms with van der Waals surface area (Å²) in [6.07, 6.45) is 0. The summed E-state index contributed by atoms with van der Waals surface area (Å²) < 4.78 is 26.9. The molecule has 1 saturated heterocycles. The number of nitrogens with one attached hydrogen (secondary N) is 1. The predicted octanol–water partition coefficient (Wildman–Crippen LogP) is 1.37. The van der Waals surface area contributed by atoms with E-state index in [0.29, 0.717) is 16.7 Å². The number of thiophene rings is 1. The van der Waals surface area contributed by atoms with Crippen molar-refractivity contribution in [2.45, 2.75) is 16.1 Å². The van der Waals surface area contributed by atoms with Crippen molar-refractivity contribution in [2.75, 3.05) is 23.8 Å². The van der Waals surface area contributed by atoms with Crippen molar-refractivity contribution in [1.82, 2.24) is 4.72 Å². The van der Waals surface area contributed by atoms with Gasteiger partial charge in [-0.1, -0.05) is 0 Å². The monoisotopic (exact) mass is 325 g/mol. The van der Waals surface area contributed by atoms with Gasteiger partial charge in [-0.3, -0.25) is 0 Å². The van der Waals surface area contributed by atoms with E-state index >= 15 is 0 Å². The molecule has 4 nitrogen and oxygen atoms in total. The molecule has 2 heterocycles. The Morgan fingerprint density at radius 1 is 1.39 bits per heavy atom. The van der Waals surface area contributed by atoms with Crippen molar-refractivity contribution in [3.8, 4) is 0 Å². The van der Waals surface area contributed by atoms with Crippen LogP contribution in [0.4, 0.5) is 0 Å². The molecular weight excluding hydrogens is 310 g/mol. The highest BCUT2D eigenvalue weighted by atomic mass is 32.2. The van der Waals surface area contributed by atoms with Crippen molar-refractivity contribution in [2.24, 2.45) is 0 Å². The average Bonchev–Trinajstić information content (AvgIpc) is 2.87. The van der Waals surface area contributed by atoms with E-state index in [-0.39, 0.29) is 10.8 Å². The molecule has 0 aromatic carbocycles. The second-order valence-corrected chi connectivity index (χ2v) is 9.52. The minimum Gasteiger partial charge on any atom is -0.391 e. The van der Waals surface area contributed by atoms with Gasteiger partial charge in [-0.15, -0.1) is 11.3 Å². The molecule has 1 aromatic rings. The van der Waals surface area contributed by atoms with Gasteiger partial charge in [-0.25, -0.2) is 13.1 Å². The summed E-state index contributed by atoms with van der Waals surface area (Å²) in [7, 11) is -3.41. The Morgan fingerprint density at radius 2 is 2.22 bits per heavy atom. The van der Waals surface area contributed by atoms with Crippen LogP contribution in [0.25, 0.3) is 0 Å². The number of aliphatic hydroxyl groups excluding tert-OH is 1. The van der Waals surface area contributed by atoms with Crippen LogP contribution in [0.15, 0.2) is 16.3 Å². The topological polar surface area (TPSA) is 66.4 Å². The van der Waals surface area contributed by atoms with Gasteiger partial charge in [0.25, 0.3) is 0 Å². The highest BCUT2D eigenvalue weighted by Gasteiger charge is 2.20. The van der Waals surface area contributed by atoms with Crippen LogP contribution in [0.1, 0.15) is 4.88 Å². The Balaban J connectivity index is 1.94. The number of hydrogen-bond donors (Lipinski definition) is 2. The fourth-order valence-electron chi connectivity index (χ4n) is 1.52. The minimum atomic E-state index is -3.41. The fraction of sp³-hybridized carbons (Fsp3) is 0.600. The number of aliphatic hydroxyl groups is 1. The molecule has 2 rings (SSSR count). The molecule has 0 amide bonds. The first kappa shape index (κ1) is 14.7. The molecule has 0 spiro atoms. The van der Waals surface area contributed by atoms with Crippen LogP contribution in [0.5, 0.6) is 0 Å². The second kappa shape index (κ2) is 6.62. The zero-order valence-corrected chi connectivity index (χ0v) is 12.9. The first-order valence-corrected chi connectivity index (χ1v) is 10.0. The van der Waals surface area contributed by atoms with E-state index in [1.54, 1.807) is 12.1 Å². The Kier molecular flexibility index (Phi) is 5.40. The zero-order valence-electron chi connectivity index (χ0n) is 9.66. The maximum atomic E-state index is 12.0. The van der Waals surface area contributed by atoms with E-state index < -0.39 is 10.0 Å². The van der Waals surface area contributed by atoms with Gasteiger partial charge in [-0.2, -0.15) is 23.5 Å². The van der Waals surface area contributed by atoms with Crippen molar-refractivity contribution in [3.05, 3.63) is 17.0 Å². The van der Waals surface area contributed by atoms with Gasteiger partial charge in [0.1, 0.15) is 4.21 Å². The van der Waals surface area contributed by atoms with E-state index in [1.165, 1.54) is 0 Å². The quantitative estimate of drug-likeness (QED) is 0.856.